The van der Waals surface area contributed by atoms with E-state index < -0.39 is 0 Å². The lowest BCUT2D eigenvalue weighted by molar-refractivity contribution is 0.193. The second-order valence-electron chi connectivity index (χ2n) is 8.76. The highest BCUT2D eigenvalue weighted by atomic mass is 16.5. The summed E-state index contributed by atoms with van der Waals surface area (Å²) >= 11 is 0. The van der Waals surface area contributed by atoms with Crippen LogP contribution in [0.15, 0.2) is 24.3 Å². The van der Waals surface area contributed by atoms with Crippen molar-refractivity contribution in [1.82, 2.24) is 5.32 Å². The van der Waals surface area contributed by atoms with Gasteiger partial charge in [0.05, 0.1) is 0 Å². The standard InChI is InChI=1S/C27H49NO/c1-4-6-7-8-9-10-11-12-13-14-15-16-17-18-23-28-24-26(5-2)29-27-21-19-25(3)20-22-27/h19-22,26,28H,4-18,23-24H2,1-3H3. The first-order valence-electron chi connectivity index (χ1n) is 12.7. The van der Waals surface area contributed by atoms with Crippen LogP contribution in [-0.2, 0) is 0 Å². The number of benzene rings is 1. The number of ether oxygens (including phenoxy) is 1. The first-order chi connectivity index (χ1) is 14.3. The second-order valence-corrected chi connectivity index (χ2v) is 8.76. The largest absolute Gasteiger partial charge is 0.489 e. The molecule has 0 saturated heterocycles. The molecule has 0 bridgehead atoms. The van der Waals surface area contributed by atoms with Gasteiger partial charge in [0, 0.05) is 6.54 Å². The maximum atomic E-state index is 6.08. The van der Waals surface area contributed by atoms with E-state index in [9.17, 15) is 0 Å². The quantitative estimate of drug-likeness (QED) is 0.221. The summed E-state index contributed by atoms with van der Waals surface area (Å²) in [6.45, 7) is 8.67. The van der Waals surface area contributed by atoms with E-state index in [1.807, 2.05) is 0 Å². The van der Waals surface area contributed by atoms with Crippen LogP contribution in [0.5, 0.6) is 5.75 Å². The third kappa shape index (κ3) is 15.5. The molecular formula is C27H49NO. The van der Waals surface area contributed by atoms with Crippen molar-refractivity contribution < 1.29 is 4.74 Å². The van der Waals surface area contributed by atoms with Crippen molar-refractivity contribution in [2.24, 2.45) is 0 Å². The number of nitrogens with one attached hydrogen (secondary N) is 1. The van der Waals surface area contributed by atoms with Crippen LogP contribution in [0.2, 0.25) is 0 Å². The molecule has 0 radical (unpaired) electrons. The molecule has 1 rings (SSSR count). The Labute approximate surface area is 182 Å². The zero-order valence-electron chi connectivity index (χ0n) is 19.8. The normalized spacial score (nSPS) is 12.2. The molecule has 2 nitrogen and oxygen atoms in total. The zero-order chi connectivity index (χ0) is 21.0. The lowest BCUT2D eigenvalue weighted by Crippen LogP contribution is -2.31. The highest BCUT2D eigenvalue weighted by Crippen LogP contribution is 2.15. The number of hydrogen-bond donors (Lipinski definition) is 1. The molecule has 0 aliphatic rings. The number of rotatable bonds is 20. The summed E-state index contributed by atoms with van der Waals surface area (Å²) in [6, 6.07) is 8.38. The molecular weight excluding hydrogens is 354 g/mol. The molecule has 0 aliphatic carbocycles. The third-order valence-corrected chi connectivity index (χ3v) is 5.86. The summed E-state index contributed by atoms with van der Waals surface area (Å²) in [7, 11) is 0. The molecule has 0 spiro atoms. The Morgan fingerprint density at radius 3 is 1.66 bits per heavy atom. The van der Waals surface area contributed by atoms with E-state index >= 15 is 0 Å². The minimum Gasteiger partial charge on any atom is -0.489 e. The van der Waals surface area contributed by atoms with E-state index in [1.165, 1.54) is 95.5 Å². The Kier molecular flexibility index (Phi) is 17.0. The Hall–Kier alpha value is -1.02. The molecule has 29 heavy (non-hydrogen) atoms. The molecule has 1 atom stereocenters. The van der Waals surface area contributed by atoms with Crippen LogP contribution in [0, 0.1) is 6.92 Å². The average Bonchev–Trinajstić information content (AvgIpc) is 2.74. The van der Waals surface area contributed by atoms with Crippen molar-refractivity contribution in [2.75, 3.05) is 13.1 Å². The van der Waals surface area contributed by atoms with Crippen LogP contribution in [0.3, 0.4) is 0 Å². The van der Waals surface area contributed by atoms with Gasteiger partial charge in [-0.1, -0.05) is 115 Å². The molecule has 1 N–H and O–H groups in total. The summed E-state index contributed by atoms with van der Waals surface area (Å²) in [5, 5.41) is 3.59. The fourth-order valence-corrected chi connectivity index (χ4v) is 3.79. The van der Waals surface area contributed by atoms with Gasteiger partial charge in [-0.25, -0.2) is 0 Å². The maximum Gasteiger partial charge on any atom is 0.119 e. The average molecular weight is 404 g/mol. The SMILES string of the molecule is CCCCCCCCCCCCCCCCNCC(CC)Oc1ccc(C)cc1. The van der Waals surface area contributed by atoms with Crippen molar-refractivity contribution in [2.45, 2.75) is 123 Å². The predicted molar refractivity (Wildman–Crippen MR) is 129 cm³/mol. The summed E-state index contributed by atoms with van der Waals surface area (Å²) in [4.78, 5) is 0. The lowest BCUT2D eigenvalue weighted by Gasteiger charge is -2.18. The van der Waals surface area contributed by atoms with Gasteiger partial charge in [-0.3, -0.25) is 0 Å². The van der Waals surface area contributed by atoms with Gasteiger partial charge in [0.15, 0.2) is 0 Å². The summed E-state index contributed by atoms with van der Waals surface area (Å²) in [5.41, 5.74) is 1.28. The van der Waals surface area contributed by atoms with Crippen molar-refractivity contribution in [3.05, 3.63) is 29.8 Å². The summed E-state index contributed by atoms with van der Waals surface area (Å²) in [6.07, 6.45) is 21.2. The van der Waals surface area contributed by atoms with Gasteiger partial charge < -0.3 is 10.1 Å². The molecule has 2 heteroatoms. The molecule has 1 unspecified atom stereocenters. The van der Waals surface area contributed by atoms with Gasteiger partial charge in [-0.15, -0.1) is 0 Å². The van der Waals surface area contributed by atoms with Gasteiger partial charge in [0.2, 0.25) is 0 Å². The fourth-order valence-electron chi connectivity index (χ4n) is 3.79. The third-order valence-electron chi connectivity index (χ3n) is 5.86. The fraction of sp³-hybridized carbons (Fsp3) is 0.778. The Balaban J connectivity index is 1.85. The van der Waals surface area contributed by atoms with E-state index in [0.717, 1.165) is 25.3 Å². The minimum absolute atomic E-state index is 0.268. The predicted octanol–water partition coefficient (Wildman–Crippen LogP) is 8.22. The van der Waals surface area contributed by atoms with Crippen LogP contribution < -0.4 is 10.1 Å². The number of hydrogen-bond acceptors (Lipinski definition) is 2. The van der Waals surface area contributed by atoms with Gasteiger partial charge in [0.25, 0.3) is 0 Å². The molecule has 0 amide bonds. The van der Waals surface area contributed by atoms with E-state index in [2.05, 4.69) is 50.4 Å². The van der Waals surface area contributed by atoms with Crippen LogP contribution in [-0.4, -0.2) is 19.2 Å². The van der Waals surface area contributed by atoms with E-state index in [-0.39, 0.29) is 6.10 Å². The monoisotopic (exact) mass is 403 g/mol. The van der Waals surface area contributed by atoms with Crippen molar-refractivity contribution in [1.29, 1.82) is 0 Å². The molecule has 0 fully saturated rings. The number of unbranched alkanes of at least 4 members (excludes halogenated alkanes) is 13. The Morgan fingerprint density at radius 2 is 1.17 bits per heavy atom. The highest BCUT2D eigenvalue weighted by Gasteiger charge is 2.07. The first kappa shape index (κ1) is 26.0. The van der Waals surface area contributed by atoms with Crippen molar-refractivity contribution in [3.63, 3.8) is 0 Å². The second kappa shape index (κ2) is 19.0. The zero-order valence-corrected chi connectivity index (χ0v) is 19.8. The van der Waals surface area contributed by atoms with Crippen LogP contribution >= 0.6 is 0 Å². The van der Waals surface area contributed by atoms with Crippen LogP contribution in [0.4, 0.5) is 0 Å². The van der Waals surface area contributed by atoms with Crippen LogP contribution in [0.1, 0.15) is 116 Å². The molecule has 0 aromatic heterocycles. The van der Waals surface area contributed by atoms with Crippen molar-refractivity contribution in [3.8, 4) is 5.75 Å². The van der Waals surface area contributed by atoms with Crippen LogP contribution in [0.25, 0.3) is 0 Å². The van der Waals surface area contributed by atoms with Gasteiger partial charge in [-0.05, 0) is 38.4 Å². The Bertz CT molecular complexity index is 456. The van der Waals surface area contributed by atoms with Crippen molar-refractivity contribution >= 4 is 0 Å². The highest BCUT2D eigenvalue weighted by molar-refractivity contribution is 5.26. The van der Waals surface area contributed by atoms with Gasteiger partial charge in [0.1, 0.15) is 11.9 Å². The van der Waals surface area contributed by atoms with E-state index in [1.54, 1.807) is 0 Å². The van der Waals surface area contributed by atoms with E-state index in [0.29, 0.717) is 0 Å². The molecule has 0 heterocycles. The van der Waals surface area contributed by atoms with Gasteiger partial charge >= 0.3 is 0 Å². The van der Waals surface area contributed by atoms with Gasteiger partial charge in [-0.2, -0.15) is 0 Å². The molecule has 0 aliphatic heterocycles. The Morgan fingerprint density at radius 1 is 0.690 bits per heavy atom. The summed E-state index contributed by atoms with van der Waals surface area (Å²) < 4.78 is 6.08. The lowest BCUT2D eigenvalue weighted by atomic mass is 10.0. The molecule has 168 valence electrons. The number of aryl methyl sites for hydroxylation is 1. The first-order valence-corrected chi connectivity index (χ1v) is 12.7. The smallest absolute Gasteiger partial charge is 0.119 e. The molecule has 1 aromatic rings. The molecule has 0 saturated carbocycles. The molecule has 1 aromatic carbocycles. The summed E-state index contributed by atoms with van der Waals surface area (Å²) in [5.74, 6) is 0.987. The maximum absolute atomic E-state index is 6.08. The topological polar surface area (TPSA) is 21.3 Å². The minimum atomic E-state index is 0.268. The van der Waals surface area contributed by atoms with E-state index in [4.69, 9.17) is 4.74 Å².